The lowest BCUT2D eigenvalue weighted by molar-refractivity contribution is -0.140. The summed E-state index contributed by atoms with van der Waals surface area (Å²) in [7, 11) is 0. The summed E-state index contributed by atoms with van der Waals surface area (Å²) in [6, 6.07) is 5.51. The van der Waals surface area contributed by atoms with Crippen LogP contribution >= 0.6 is 0 Å². The maximum Gasteiger partial charge on any atom is 0.311 e. The van der Waals surface area contributed by atoms with Crippen LogP contribution in [0.4, 0.5) is 0 Å². The van der Waals surface area contributed by atoms with E-state index in [1.807, 2.05) is 18.2 Å². The number of rotatable bonds is 3. The average molecular weight is 262 g/mol. The van der Waals surface area contributed by atoms with Gasteiger partial charge in [0.05, 0.1) is 5.92 Å². The van der Waals surface area contributed by atoms with Crippen LogP contribution < -0.4 is 9.47 Å². The molecule has 0 saturated heterocycles. The number of carbonyl (C=O) groups is 1. The van der Waals surface area contributed by atoms with Gasteiger partial charge < -0.3 is 14.6 Å². The fourth-order valence-electron chi connectivity index (χ4n) is 3.19. The number of fused-ring (bicyclic) bond motifs is 1. The Morgan fingerprint density at radius 1 is 1.16 bits per heavy atom. The first-order valence-corrected chi connectivity index (χ1v) is 6.88. The van der Waals surface area contributed by atoms with Crippen molar-refractivity contribution in [2.24, 2.45) is 5.92 Å². The molecule has 4 heteroatoms. The van der Waals surface area contributed by atoms with Crippen molar-refractivity contribution in [3.05, 3.63) is 23.8 Å². The number of hydrogen-bond acceptors (Lipinski definition) is 3. The van der Waals surface area contributed by atoms with Gasteiger partial charge in [0.1, 0.15) is 0 Å². The van der Waals surface area contributed by atoms with E-state index in [0.717, 1.165) is 31.2 Å². The smallest absolute Gasteiger partial charge is 0.311 e. The van der Waals surface area contributed by atoms with E-state index < -0.39 is 11.9 Å². The third-order valence-electron chi connectivity index (χ3n) is 4.14. The Hall–Kier alpha value is -1.71. The SMILES string of the molecule is O=C(O)C(c1ccc2c(c1)OCO2)C1CCCCC1. The van der Waals surface area contributed by atoms with Crippen molar-refractivity contribution in [3.63, 3.8) is 0 Å². The molecular weight excluding hydrogens is 244 g/mol. The zero-order valence-electron chi connectivity index (χ0n) is 10.8. The fourth-order valence-corrected chi connectivity index (χ4v) is 3.19. The van der Waals surface area contributed by atoms with Crippen molar-refractivity contribution in [1.29, 1.82) is 0 Å². The molecule has 1 aromatic carbocycles. The molecule has 0 bridgehead atoms. The van der Waals surface area contributed by atoms with Gasteiger partial charge >= 0.3 is 5.97 Å². The third-order valence-corrected chi connectivity index (χ3v) is 4.14. The molecule has 4 nitrogen and oxygen atoms in total. The summed E-state index contributed by atoms with van der Waals surface area (Å²) in [4.78, 5) is 11.6. The van der Waals surface area contributed by atoms with Crippen LogP contribution in [0.3, 0.4) is 0 Å². The zero-order chi connectivity index (χ0) is 13.2. The van der Waals surface area contributed by atoms with Crippen LogP contribution in [0.5, 0.6) is 11.5 Å². The summed E-state index contributed by atoms with van der Waals surface area (Å²) < 4.78 is 10.6. The van der Waals surface area contributed by atoms with Crippen molar-refractivity contribution >= 4 is 5.97 Å². The summed E-state index contributed by atoms with van der Waals surface area (Å²) in [5, 5.41) is 9.56. The molecule has 102 valence electrons. The van der Waals surface area contributed by atoms with Crippen molar-refractivity contribution in [2.45, 2.75) is 38.0 Å². The van der Waals surface area contributed by atoms with Gasteiger partial charge in [-0.2, -0.15) is 0 Å². The largest absolute Gasteiger partial charge is 0.481 e. The standard InChI is InChI=1S/C15H18O4/c16-15(17)14(10-4-2-1-3-5-10)11-6-7-12-13(8-11)19-9-18-12/h6-8,10,14H,1-5,9H2,(H,16,17). The molecule has 1 N–H and O–H groups in total. The van der Waals surface area contributed by atoms with Gasteiger partial charge in [-0.1, -0.05) is 25.3 Å². The normalized spacial score (nSPS) is 20.2. The molecule has 0 aromatic heterocycles. The summed E-state index contributed by atoms with van der Waals surface area (Å²) in [6.07, 6.45) is 5.51. The van der Waals surface area contributed by atoms with E-state index in [-0.39, 0.29) is 12.7 Å². The number of ether oxygens (including phenoxy) is 2. The van der Waals surface area contributed by atoms with E-state index in [9.17, 15) is 9.90 Å². The Kier molecular flexibility index (Phi) is 3.32. The third kappa shape index (κ3) is 2.39. The molecule has 1 atom stereocenters. The van der Waals surface area contributed by atoms with E-state index in [0.29, 0.717) is 11.5 Å². The molecule has 19 heavy (non-hydrogen) atoms. The highest BCUT2D eigenvalue weighted by atomic mass is 16.7. The lowest BCUT2D eigenvalue weighted by Gasteiger charge is -2.27. The van der Waals surface area contributed by atoms with Gasteiger partial charge in [-0.05, 0) is 36.5 Å². The Bertz CT molecular complexity index is 477. The minimum atomic E-state index is -0.731. The quantitative estimate of drug-likeness (QED) is 0.909. The van der Waals surface area contributed by atoms with Gasteiger partial charge in [-0.3, -0.25) is 4.79 Å². The first-order chi connectivity index (χ1) is 9.25. The number of carboxylic acid groups (broad SMARTS) is 1. The second kappa shape index (κ2) is 5.11. The summed E-state index contributed by atoms with van der Waals surface area (Å²) in [6.45, 7) is 0.222. The molecule has 1 fully saturated rings. The molecule has 1 unspecified atom stereocenters. The highest BCUT2D eigenvalue weighted by Gasteiger charge is 2.31. The highest BCUT2D eigenvalue weighted by Crippen LogP contribution is 2.40. The van der Waals surface area contributed by atoms with Gasteiger partial charge in [0, 0.05) is 0 Å². The Morgan fingerprint density at radius 2 is 1.89 bits per heavy atom. The van der Waals surface area contributed by atoms with E-state index in [1.54, 1.807) is 0 Å². The summed E-state index contributed by atoms with van der Waals surface area (Å²) in [5.74, 6) is 0.461. The second-order valence-corrected chi connectivity index (χ2v) is 5.33. The van der Waals surface area contributed by atoms with E-state index >= 15 is 0 Å². The molecule has 0 radical (unpaired) electrons. The predicted octanol–water partition coefficient (Wildman–Crippen LogP) is 3.16. The van der Waals surface area contributed by atoms with Crippen molar-refractivity contribution in [1.82, 2.24) is 0 Å². The number of aliphatic carboxylic acids is 1. The molecule has 2 aliphatic rings. The molecule has 1 heterocycles. The molecule has 1 saturated carbocycles. The minimum absolute atomic E-state index is 0.222. The number of benzene rings is 1. The summed E-state index contributed by atoms with van der Waals surface area (Å²) in [5.41, 5.74) is 0.837. The van der Waals surface area contributed by atoms with Crippen LogP contribution in [-0.2, 0) is 4.79 Å². The molecule has 0 amide bonds. The lowest BCUT2D eigenvalue weighted by Crippen LogP contribution is -2.23. The Labute approximate surface area is 112 Å². The van der Waals surface area contributed by atoms with Crippen molar-refractivity contribution < 1.29 is 19.4 Å². The topological polar surface area (TPSA) is 55.8 Å². The monoisotopic (exact) mass is 262 g/mol. The Balaban J connectivity index is 1.89. The van der Waals surface area contributed by atoms with Crippen molar-refractivity contribution in [3.8, 4) is 11.5 Å². The van der Waals surface area contributed by atoms with Crippen LogP contribution in [-0.4, -0.2) is 17.9 Å². The maximum atomic E-state index is 11.6. The molecule has 1 aliphatic heterocycles. The highest BCUT2D eigenvalue weighted by molar-refractivity contribution is 5.77. The molecule has 1 aromatic rings. The van der Waals surface area contributed by atoms with E-state index in [4.69, 9.17) is 9.47 Å². The number of hydrogen-bond donors (Lipinski definition) is 1. The van der Waals surface area contributed by atoms with Crippen molar-refractivity contribution in [2.75, 3.05) is 6.79 Å². The second-order valence-electron chi connectivity index (χ2n) is 5.33. The van der Waals surface area contributed by atoms with Gasteiger partial charge in [-0.25, -0.2) is 0 Å². The van der Waals surface area contributed by atoms with Crippen LogP contribution in [0.25, 0.3) is 0 Å². The molecule has 1 aliphatic carbocycles. The average Bonchev–Trinajstić information content (AvgIpc) is 2.87. The van der Waals surface area contributed by atoms with Crippen LogP contribution in [0.15, 0.2) is 18.2 Å². The predicted molar refractivity (Wildman–Crippen MR) is 69.5 cm³/mol. The maximum absolute atomic E-state index is 11.6. The van der Waals surface area contributed by atoms with Gasteiger partial charge in [0.15, 0.2) is 11.5 Å². The number of carboxylic acids is 1. The zero-order valence-corrected chi connectivity index (χ0v) is 10.8. The van der Waals surface area contributed by atoms with Crippen LogP contribution in [0.2, 0.25) is 0 Å². The Morgan fingerprint density at radius 3 is 2.63 bits per heavy atom. The van der Waals surface area contributed by atoms with E-state index in [1.165, 1.54) is 6.42 Å². The van der Waals surface area contributed by atoms with Gasteiger partial charge in [0.2, 0.25) is 6.79 Å². The molecular formula is C15H18O4. The lowest BCUT2D eigenvalue weighted by atomic mass is 9.77. The summed E-state index contributed by atoms with van der Waals surface area (Å²) >= 11 is 0. The molecule has 3 rings (SSSR count). The van der Waals surface area contributed by atoms with Gasteiger partial charge in [-0.15, -0.1) is 0 Å². The molecule has 0 spiro atoms. The van der Waals surface area contributed by atoms with Gasteiger partial charge in [0.25, 0.3) is 0 Å². The first kappa shape index (κ1) is 12.3. The first-order valence-electron chi connectivity index (χ1n) is 6.88. The minimum Gasteiger partial charge on any atom is -0.481 e. The van der Waals surface area contributed by atoms with E-state index in [2.05, 4.69) is 0 Å². The van der Waals surface area contributed by atoms with Crippen LogP contribution in [0.1, 0.15) is 43.6 Å². The van der Waals surface area contributed by atoms with Crippen LogP contribution in [0, 0.1) is 5.92 Å². The fraction of sp³-hybridized carbons (Fsp3) is 0.533.